The highest BCUT2D eigenvalue weighted by Gasteiger charge is 2.63. The summed E-state index contributed by atoms with van der Waals surface area (Å²) in [4.78, 5) is 15.0. The number of aromatic nitrogens is 1. The Morgan fingerprint density at radius 3 is 2.19 bits per heavy atom. The summed E-state index contributed by atoms with van der Waals surface area (Å²) in [5, 5.41) is 0.238. The minimum Gasteiger partial charge on any atom is -0.361 e. The second-order valence-electron chi connectivity index (χ2n) is 5.96. The van der Waals surface area contributed by atoms with Crippen molar-refractivity contribution < 1.29 is 26.7 Å². The fraction of sp³-hybridized carbons (Fsp3) is 0.211. The second-order valence-corrected chi connectivity index (χ2v) is 5.96. The summed E-state index contributed by atoms with van der Waals surface area (Å²) in [6.07, 6.45) is -5.61. The standard InChI is InChI=1S/C19H14F5NO/c20-18(21,19(22,23)24)15(10-17(26)12-6-2-1-3-7-12)14-11-25-16-9-5-4-8-13(14)16/h1-9,11,15,25H,10H2/t15-/m1/s1. The normalized spacial score (nSPS) is 13.7. The van der Waals surface area contributed by atoms with Crippen molar-refractivity contribution >= 4 is 16.7 Å². The van der Waals surface area contributed by atoms with Crippen LogP contribution in [0.1, 0.15) is 28.3 Å². The van der Waals surface area contributed by atoms with E-state index in [1.165, 1.54) is 30.3 Å². The Balaban J connectivity index is 2.07. The molecule has 136 valence electrons. The smallest absolute Gasteiger partial charge is 0.361 e. The largest absolute Gasteiger partial charge is 0.453 e. The van der Waals surface area contributed by atoms with Gasteiger partial charge < -0.3 is 4.98 Å². The van der Waals surface area contributed by atoms with E-state index in [2.05, 4.69) is 4.98 Å². The van der Waals surface area contributed by atoms with Crippen LogP contribution in [-0.4, -0.2) is 22.9 Å². The molecule has 2 aromatic carbocycles. The molecule has 0 amide bonds. The lowest BCUT2D eigenvalue weighted by Gasteiger charge is -2.28. The highest BCUT2D eigenvalue weighted by molar-refractivity contribution is 5.97. The maximum absolute atomic E-state index is 14.3. The highest BCUT2D eigenvalue weighted by atomic mass is 19.4. The molecule has 1 heterocycles. The Morgan fingerprint density at radius 2 is 1.54 bits per heavy atom. The Hall–Kier alpha value is -2.70. The number of rotatable bonds is 5. The summed E-state index contributed by atoms with van der Waals surface area (Å²) in [7, 11) is 0. The van der Waals surface area contributed by atoms with Gasteiger partial charge in [-0.15, -0.1) is 0 Å². The van der Waals surface area contributed by atoms with Gasteiger partial charge in [0.15, 0.2) is 5.78 Å². The first-order valence-corrected chi connectivity index (χ1v) is 7.80. The number of hydrogen-bond donors (Lipinski definition) is 1. The molecule has 0 fully saturated rings. The van der Waals surface area contributed by atoms with Crippen LogP contribution in [0.25, 0.3) is 10.9 Å². The van der Waals surface area contributed by atoms with Crippen LogP contribution in [0.4, 0.5) is 22.0 Å². The molecule has 0 aliphatic rings. The minimum absolute atomic E-state index is 0.0929. The van der Waals surface area contributed by atoms with Gasteiger partial charge in [-0.2, -0.15) is 22.0 Å². The van der Waals surface area contributed by atoms with E-state index in [9.17, 15) is 26.7 Å². The summed E-state index contributed by atoms with van der Waals surface area (Å²) in [5.41, 5.74) is 0.292. The Morgan fingerprint density at radius 1 is 0.923 bits per heavy atom. The van der Waals surface area contributed by atoms with Gasteiger partial charge in [0.25, 0.3) is 0 Å². The molecule has 1 N–H and O–H groups in total. The van der Waals surface area contributed by atoms with E-state index in [0.717, 1.165) is 6.20 Å². The minimum atomic E-state index is -5.77. The molecule has 26 heavy (non-hydrogen) atoms. The number of Topliss-reactive ketones (excluding diaryl/α,β-unsaturated/α-hetero) is 1. The number of carbonyl (C=O) groups excluding carboxylic acids is 1. The number of carbonyl (C=O) groups is 1. The summed E-state index contributed by atoms with van der Waals surface area (Å²) < 4.78 is 67.7. The Labute approximate surface area is 145 Å². The zero-order chi connectivity index (χ0) is 18.9. The van der Waals surface area contributed by atoms with Crippen molar-refractivity contribution in [2.75, 3.05) is 0 Å². The van der Waals surface area contributed by atoms with Crippen LogP contribution >= 0.6 is 0 Å². The zero-order valence-electron chi connectivity index (χ0n) is 13.4. The van der Waals surface area contributed by atoms with Crippen molar-refractivity contribution in [1.82, 2.24) is 4.98 Å². The molecule has 3 aromatic rings. The lowest BCUT2D eigenvalue weighted by Crippen LogP contribution is -2.43. The topological polar surface area (TPSA) is 32.9 Å². The molecule has 0 aliphatic carbocycles. The van der Waals surface area contributed by atoms with Crippen molar-refractivity contribution in [1.29, 1.82) is 0 Å². The number of aromatic amines is 1. The summed E-state index contributed by atoms with van der Waals surface area (Å²) in [6, 6.07) is 13.6. The third-order valence-electron chi connectivity index (χ3n) is 4.30. The molecular weight excluding hydrogens is 353 g/mol. The first-order valence-electron chi connectivity index (χ1n) is 7.80. The number of H-pyrrole nitrogens is 1. The van der Waals surface area contributed by atoms with Crippen LogP contribution < -0.4 is 0 Å². The number of benzene rings is 2. The molecule has 3 rings (SSSR count). The van der Waals surface area contributed by atoms with Crippen molar-refractivity contribution in [3.63, 3.8) is 0 Å². The fourth-order valence-electron chi connectivity index (χ4n) is 2.94. The molecule has 0 saturated carbocycles. The van der Waals surface area contributed by atoms with Gasteiger partial charge in [-0.1, -0.05) is 48.5 Å². The molecule has 0 bridgehead atoms. The van der Waals surface area contributed by atoms with Crippen LogP contribution in [0.15, 0.2) is 60.8 Å². The molecule has 0 aliphatic heterocycles. The number of ketones is 1. The first kappa shape index (κ1) is 18.1. The van der Waals surface area contributed by atoms with E-state index in [4.69, 9.17) is 0 Å². The van der Waals surface area contributed by atoms with Gasteiger partial charge in [0.2, 0.25) is 0 Å². The molecule has 0 saturated heterocycles. The van der Waals surface area contributed by atoms with Gasteiger partial charge in [-0.05, 0) is 11.6 Å². The molecule has 1 aromatic heterocycles. The van der Waals surface area contributed by atoms with Gasteiger partial charge in [0, 0.05) is 29.1 Å². The van der Waals surface area contributed by atoms with Crippen LogP contribution in [-0.2, 0) is 0 Å². The van der Waals surface area contributed by atoms with Crippen LogP contribution in [0.2, 0.25) is 0 Å². The van der Waals surface area contributed by atoms with Crippen LogP contribution in [0.5, 0.6) is 0 Å². The number of nitrogens with one attached hydrogen (secondary N) is 1. The average Bonchev–Trinajstić information content (AvgIpc) is 3.03. The highest BCUT2D eigenvalue weighted by Crippen LogP contribution is 2.49. The van der Waals surface area contributed by atoms with E-state index in [-0.39, 0.29) is 16.5 Å². The lowest BCUT2D eigenvalue weighted by atomic mass is 9.86. The second kappa shape index (κ2) is 6.55. The van der Waals surface area contributed by atoms with Crippen molar-refractivity contribution in [2.24, 2.45) is 0 Å². The van der Waals surface area contributed by atoms with E-state index in [1.54, 1.807) is 24.3 Å². The van der Waals surface area contributed by atoms with E-state index in [0.29, 0.717) is 5.52 Å². The summed E-state index contributed by atoms with van der Waals surface area (Å²) in [5.74, 6) is -8.15. The number of hydrogen-bond acceptors (Lipinski definition) is 1. The SMILES string of the molecule is O=C(C[C@H](c1c[nH]c2ccccc12)C(F)(F)C(F)(F)F)c1ccccc1. The molecule has 0 radical (unpaired) electrons. The summed E-state index contributed by atoms with van der Waals surface area (Å²) >= 11 is 0. The third-order valence-corrected chi connectivity index (χ3v) is 4.30. The quantitative estimate of drug-likeness (QED) is 0.454. The maximum atomic E-state index is 14.3. The zero-order valence-corrected chi connectivity index (χ0v) is 13.4. The van der Waals surface area contributed by atoms with Crippen molar-refractivity contribution in [2.45, 2.75) is 24.4 Å². The van der Waals surface area contributed by atoms with E-state index < -0.39 is 30.2 Å². The van der Waals surface area contributed by atoms with E-state index in [1.807, 2.05) is 0 Å². The van der Waals surface area contributed by atoms with Crippen molar-refractivity contribution in [3.8, 4) is 0 Å². The molecule has 0 unspecified atom stereocenters. The fourth-order valence-corrected chi connectivity index (χ4v) is 2.94. The molecule has 0 spiro atoms. The Kier molecular flexibility index (Phi) is 4.56. The average molecular weight is 367 g/mol. The summed E-state index contributed by atoms with van der Waals surface area (Å²) in [6.45, 7) is 0. The first-order chi connectivity index (χ1) is 12.2. The van der Waals surface area contributed by atoms with Gasteiger partial charge >= 0.3 is 12.1 Å². The van der Waals surface area contributed by atoms with E-state index >= 15 is 0 Å². The van der Waals surface area contributed by atoms with Crippen LogP contribution in [0.3, 0.4) is 0 Å². The van der Waals surface area contributed by atoms with Gasteiger partial charge in [-0.25, -0.2) is 0 Å². The van der Waals surface area contributed by atoms with Gasteiger partial charge in [0.05, 0.1) is 5.92 Å². The molecule has 1 atom stereocenters. The monoisotopic (exact) mass is 367 g/mol. The van der Waals surface area contributed by atoms with Crippen LogP contribution in [0, 0.1) is 0 Å². The number of para-hydroxylation sites is 1. The number of alkyl halides is 5. The predicted octanol–water partition coefficient (Wildman–Crippen LogP) is 5.72. The molecule has 7 heteroatoms. The number of fused-ring (bicyclic) bond motifs is 1. The Bertz CT molecular complexity index is 914. The van der Waals surface area contributed by atoms with Gasteiger partial charge in [-0.3, -0.25) is 4.79 Å². The maximum Gasteiger partial charge on any atom is 0.453 e. The predicted molar refractivity (Wildman–Crippen MR) is 87.4 cm³/mol. The molecular formula is C19H14F5NO. The van der Waals surface area contributed by atoms with Gasteiger partial charge in [0.1, 0.15) is 0 Å². The molecule has 2 nitrogen and oxygen atoms in total. The lowest BCUT2D eigenvalue weighted by molar-refractivity contribution is -0.290. The number of halogens is 5. The third kappa shape index (κ3) is 3.21. The van der Waals surface area contributed by atoms with Crippen molar-refractivity contribution in [3.05, 3.63) is 71.9 Å².